The lowest BCUT2D eigenvalue weighted by atomic mass is 9.67. The van der Waals surface area contributed by atoms with Gasteiger partial charge in [0.1, 0.15) is 5.75 Å². The normalized spacial score (nSPS) is 33.0. The van der Waals surface area contributed by atoms with Crippen molar-refractivity contribution >= 4 is 0 Å². The van der Waals surface area contributed by atoms with Gasteiger partial charge in [-0.25, -0.2) is 0 Å². The minimum atomic E-state index is -0.620. The van der Waals surface area contributed by atoms with Gasteiger partial charge in [0.2, 0.25) is 0 Å². The maximum Gasteiger partial charge on any atom is 0.119 e. The predicted molar refractivity (Wildman–Crippen MR) is 81.0 cm³/mol. The minimum Gasteiger partial charge on any atom is -0.497 e. The first-order chi connectivity index (χ1) is 9.69. The van der Waals surface area contributed by atoms with Crippen LogP contribution in [0.3, 0.4) is 0 Å². The second-order valence-corrected chi connectivity index (χ2v) is 6.51. The summed E-state index contributed by atoms with van der Waals surface area (Å²) in [6.07, 6.45) is 8.12. The molecule has 0 saturated heterocycles. The van der Waals surface area contributed by atoms with Gasteiger partial charge >= 0.3 is 0 Å². The van der Waals surface area contributed by atoms with Crippen LogP contribution in [0, 0.1) is 11.8 Å². The van der Waals surface area contributed by atoms with Crippen LogP contribution in [0.5, 0.6) is 5.75 Å². The van der Waals surface area contributed by atoms with Gasteiger partial charge in [0.25, 0.3) is 0 Å². The Bertz CT molecular complexity index is 482. The molecule has 2 aliphatic carbocycles. The minimum absolute atomic E-state index is 0.426. The fourth-order valence-electron chi connectivity index (χ4n) is 4.47. The van der Waals surface area contributed by atoms with Crippen LogP contribution in [-0.4, -0.2) is 12.2 Å². The molecule has 3 atom stereocenters. The summed E-state index contributed by atoms with van der Waals surface area (Å²) in [5, 5.41) is 11.4. The van der Waals surface area contributed by atoms with Crippen LogP contribution in [0.2, 0.25) is 0 Å². The van der Waals surface area contributed by atoms with E-state index in [0.29, 0.717) is 11.8 Å². The van der Waals surface area contributed by atoms with Crippen LogP contribution in [0.4, 0.5) is 0 Å². The highest BCUT2D eigenvalue weighted by molar-refractivity contribution is 5.43. The first-order valence-corrected chi connectivity index (χ1v) is 8.08. The molecular formula is C18H26O2. The third kappa shape index (κ3) is 2.14. The average molecular weight is 274 g/mol. The van der Waals surface area contributed by atoms with Gasteiger partial charge < -0.3 is 9.84 Å². The Labute approximate surface area is 122 Å². The zero-order valence-electron chi connectivity index (χ0n) is 12.7. The average Bonchev–Trinajstić information content (AvgIpc) is 2.85. The Morgan fingerprint density at radius 2 is 2.10 bits per heavy atom. The van der Waals surface area contributed by atoms with Gasteiger partial charge in [0, 0.05) is 0 Å². The first kappa shape index (κ1) is 13.9. The van der Waals surface area contributed by atoms with Crippen molar-refractivity contribution in [3.63, 3.8) is 0 Å². The Morgan fingerprint density at radius 3 is 2.85 bits per heavy atom. The van der Waals surface area contributed by atoms with Crippen molar-refractivity contribution in [3.8, 4) is 5.75 Å². The molecule has 1 N–H and O–H groups in total. The van der Waals surface area contributed by atoms with E-state index in [1.807, 2.05) is 6.07 Å². The molecule has 0 radical (unpaired) electrons. The first-order valence-electron chi connectivity index (χ1n) is 8.08. The Morgan fingerprint density at radius 1 is 1.30 bits per heavy atom. The number of benzene rings is 1. The van der Waals surface area contributed by atoms with Gasteiger partial charge in [0.15, 0.2) is 0 Å². The number of aliphatic hydroxyl groups is 1. The van der Waals surface area contributed by atoms with Crippen LogP contribution in [0.25, 0.3) is 0 Å². The van der Waals surface area contributed by atoms with Crippen molar-refractivity contribution in [2.75, 3.05) is 7.11 Å². The Balaban J connectivity index is 1.97. The van der Waals surface area contributed by atoms with E-state index in [0.717, 1.165) is 24.2 Å². The molecule has 1 aromatic rings. The van der Waals surface area contributed by atoms with Gasteiger partial charge in [-0.05, 0) is 54.4 Å². The molecule has 0 spiro atoms. The monoisotopic (exact) mass is 274 g/mol. The van der Waals surface area contributed by atoms with Gasteiger partial charge in [-0.15, -0.1) is 0 Å². The molecule has 20 heavy (non-hydrogen) atoms. The zero-order valence-corrected chi connectivity index (χ0v) is 12.7. The molecule has 1 saturated carbocycles. The quantitative estimate of drug-likeness (QED) is 0.901. The smallest absolute Gasteiger partial charge is 0.119 e. The number of hydrogen-bond acceptors (Lipinski definition) is 2. The molecular weight excluding hydrogens is 248 g/mol. The van der Waals surface area contributed by atoms with E-state index >= 15 is 0 Å². The molecule has 2 nitrogen and oxygen atoms in total. The molecule has 0 bridgehead atoms. The number of ether oxygens (including phenoxy) is 1. The summed E-state index contributed by atoms with van der Waals surface area (Å²) in [5.74, 6) is 1.97. The third-order valence-electron chi connectivity index (χ3n) is 5.61. The van der Waals surface area contributed by atoms with Crippen molar-refractivity contribution in [2.24, 2.45) is 11.8 Å². The van der Waals surface area contributed by atoms with Crippen LogP contribution < -0.4 is 4.74 Å². The molecule has 3 rings (SSSR count). The van der Waals surface area contributed by atoms with E-state index in [1.165, 1.54) is 37.7 Å². The van der Waals surface area contributed by atoms with Crippen LogP contribution in [0.15, 0.2) is 18.2 Å². The maximum atomic E-state index is 11.4. The van der Waals surface area contributed by atoms with Crippen molar-refractivity contribution < 1.29 is 9.84 Å². The van der Waals surface area contributed by atoms with Gasteiger partial charge in [-0.2, -0.15) is 0 Å². The molecule has 1 aromatic carbocycles. The van der Waals surface area contributed by atoms with Crippen molar-refractivity contribution in [2.45, 2.75) is 57.5 Å². The molecule has 0 amide bonds. The largest absolute Gasteiger partial charge is 0.497 e. The molecule has 0 aliphatic heterocycles. The van der Waals surface area contributed by atoms with E-state index in [1.54, 1.807) is 7.11 Å². The molecule has 0 heterocycles. The Hall–Kier alpha value is -1.02. The van der Waals surface area contributed by atoms with Crippen LogP contribution in [0.1, 0.15) is 56.6 Å². The van der Waals surface area contributed by atoms with Crippen molar-refractivity contribution in [1.29, 1.82) is 0 Å². The molecule has 2 heteroatoms. The second kappa shape index (κ2) is 5.40. The van der Waals surface area contributed by atoms with E-state index in [4.69, 9.17) is 4.74 Å². The van der Waals surface area contributed by atoms with Gasteiger partial charge in [-0.1, -0.05) is 38.7 Å². The number of methoxy groups -OCH3 is 1. The number of aryl methyl sites for hydroxylation is 1. The van der Waals surface area contributed by atoms with E-state index < -0.39 is 5.60 Å². The summed E-state index contributed by atoms with van der Waals surface area (Å²) >= 11 is 0. The third-order valence-corrected chi connectivity index (χ3v) is 5.61. The van der Waals surface area contributed by atoms with E-state index in [-0.39, 0.29) is 0 Å². The summed E-state index contributed by atoms with van der Waals surface area (Å²) in [6, 6.07) is 6.22. The standard InChI is InChI=1S/C18H26O2/c1-3-13-6-4-5-7-16(13)18(19)11-10-14-8-9-15(20-2)12-17(14)18/h8-9,12-13,16,19H,3-7,10-11H2,1-2H3. The summed E-state index contributed by atoms with van der Waals surface area (Å²) in [5.41, 5.74) is 1.83. The van der Waals surface area contributed by atoms with Crippen molar-refractivity contribution in [1.82, 2.24) is 0 Å². The van der Waals surface area contributed by atoms with Crippen LogP contribution in [-0.2, 0) is 12.0 Å². The van der Waals surface area contributed by atoms with Crippen molar-refractivity contribution in [3.05, 3.63) is 29.3 Å². The SMILES string of the molecule is CCC1CCCCC1C1(O)CCc2ccc(OC)cc21. The summed E-state index contributed by atoms with van der Waals surface area (Å²) in [7, 11) is 1.70. The highest BCUT2D eigenvalue weighted by Gasteiger charge is 2.46. The lowest BCUT2D eigenvalue weighted by molar-refractivity contribution is -0.0627. The molecule has 110 valence electrons. The van der Waals surface area contributed by atoms with Gasteiger partial charge in [0.05, 0.1) is 12.7 Å². The predicted octanol–water partition coefficient (Wildman–Crippen LogP) is 4.05. The maximum absolute atomic E-state index is 11.4. The highest BCUT2D eigenvalue weighted by atomic mass is 16.5. The van der Waals surface area contributed by atoms with Gasteiger partial charge in [-0.3, -0.25) is 0 Å². The number of rotatable bonds is 3. The molecule has 0 aromatic heterocycles. The molecule has 2 aliphatic rings. The molecule has 1 fully saturated rings. The Kier molecular flexibility index (Phi) is 3.76. The zero-order chi connectivity index (χ0) is 14.2. The highest BCUT2D eigenvalue weighted by Crippen LogP contribution is 2.50. The number of fused-ring (bicyclic) bond motifs is 1. The van der Waals surface area contributed by atoms with Crippen LogP contribution >= 0.6 is 0 Å². The summed E-state index contributed by atoms with van der Waals surface area (Å²) < 4.78 is 5.36. The number of hydrogen-bond donors (Lipinski definition) is 1. The summed E-state index contributed by atoms with van der Waals surface area (Å²) in [6.45, 7) is 2.27. The lowest BCUT2D eigenvalue weighted by Crippen LogP contribution is -2.39. The fourth-order valence-corrected chi connectivity index (χ4v) is 4.47. The fraction of sp³-hybridized carbons (Fsp3) is 0.667. The second-order valence-electron chi connectivity index (χ2n) is 6.51. The summed E-state index contributed by atoms with van der Waals surface area (Å²) in [4.78, 5) is 0. The molecule has 3 unspecified atom stereocenters. The van der Waals surface area contributed by atoms with E-state index in [9.17, 15) is 5.11 Å². The lowest BCUT2D eigenvalue weighted by Gasteiger charge is -2.41. The van der Waals surface area contributed by atoms with E-state index in [2.05, 4.69) is 19.1 Å². The topological polar surface area (TPSA) is 29.5 Å².